The summed E-state index contributed by atoms with van der Waals surface area (Å²) in [6.07, 6.45) is 3.19. The van der Waals surface area contributed by atoms with Gasteiger partial charge in [-0.3, -0.25) is 19.4 Å². The molecule has 0 aliphatic carbocycles. The third kappa shape index (κ3) is 2.58. The summed E-state index contributed by atoms with van der Waals surface area (Å²) in [5, 5.41) is 0. The molecule has 6 nitrogen and oxygen atoms in total. The summed E-state index contributed by atoms with van der Waals surface area (Å²) in [6, 6.07) is -0.609. The minimum atomic E-state index is -0.842. The lowest BCUT2D eigenvalue weighted by atomic mass is 9.97. The Morgan fingerprint density at radius 3 is 1.95 bits per heavy atom. The average Bonchev–Trinajstić information content (AvgIpc) is 3.20. The van der Waals surface area contributed by atoms with Gasteiger partial charge in [0.05, 0.1) is 12.7 Å². The minimum Gasteiger partial charge on any atom is -0.373 e. The maximum absolute atomic E-state index is 12.2. The van der Waals surface area contributed by atoms with Crippen molar-refractivity contribution in [3.63, 3.8) is 0 Å². The lowest BCUT2D eigenvalue weighted by molar-refractivity contribution is -0.149. The molecule has 2 aliphatic rings. The van der Waals surface area contributed by atoms with Crippen molar-refractivity contribution in [3.05, 3.63) is 25.3 Å². The monoisotopic (exact) mass is 264 g/mol. The SMILES string of the molecule is C=CCN1C(=O)C(CC2CO2)C(=O)N(CC=C)C1=O. The second-order valence-electron chi connectivity index (χ2n) is 4.50. The number of imide groups is 2. The predicted molar refractivity (Wildman–Crippen MR) is 67.1 cm³/mol. The van der Waals surface area contributed by atoms with Gasteiger partial charge in [0, 0.05) is 13.1 Å². The Morgan fingerprint density at radius 1 is 1.11 bits per heavy atom. The molecule has 0 aromatic rings. The Morgan fingerprint density at radius 2 is 1.58 bits per heavy atom. The number of hydrogen-bond donors (Lipinski definition) is 0. The lowest BCUT2D eigenvalue weighted by Gasteiger charge is -2.35. The van der Waals surface area contributed by atoms with Gasteiger partial charge in [-0.15, -0.1) is 13.2 Å². The number of nitrogens with zero attached hydrogens (tertiary/aromatic N) is 2. The molecular weight excluding hydrogens is 248 g/mol. The zero-order valence-corrected chi connectivity index (χ0v) is 10.6. The smallest absolute Gasteiger partial charge is 0.334 e. The van der Waals surface area contributed by atoms with E-state index < -0.39 is 23.8 Å². The first-order chi connectivity index (χ1) is 9.10. The molecular formula is C13H16N2O4. The first-order valence-corrected chi connectivity index (χ1v) is 6.10. The summed E-state index contributed by atoms with van der Waals surface area (Å²) in [7, 11) is 0. The molecule has 2 fully saturated rings. The number of barbiturate groups is 1. The molecule has 4 amide bonds. The van der Waals surface area contributed by atoms with Gasteiger partial charge in [0.25, 0.3) is 0 Å². The van der Waals surface area contributed by atoms with Gasteiger partial charge < -0.3 is 4.74 Å². The Labute approximate surface area is 111 Å². The lowest BCUT2D eigenvalue weighted by Crippen LogP contribution is -2.59. The van der Waals surface area contributed by atoms with Gasteiger partial charge in [-0.1, -0.05) is 12.2 Å². The number of carbonyl (C=O) groups excluding carboxylic acids is 3. The molecule has 0 aromatic carbocycles. The molecule has 1 unspecified atom stereocenters. The highest BCUT2D eigenvalue weighted by molar-refractivity contribution is 6.16. The number of urea groups is 1. The largest absolute Gasteiger partial charge is 0.373 e. The van der Waals surface area contributed by atoms with Crippen molar-refractivity contribution < 1.29 is 19.1 Å². The maximum atomic E-state index is 12.2. The van der Waals surface area contributed by atoms with Crippen LogP contribution in [-0.4, -0.2) is 53.4 Å². The van der Waals surface area contributed by atoms with Crippen molar-refractivity contribution in [2.45, 2.75) is 12.5 Å². The zero-order chi connectivity index (χ0) is 14.0. The Bertz CT molecular complexity index is 410. The fraction of sp³-hybridized carbons (Fsp3) is 0.462. The molecule has 0 spiro atoms. The Hall–Kier alpha value is -1.95. The van der Waals surface area contributed by atoms with Crippen LogP contribution in [-0.2, 0) is 14.3 Å². The van der Waals surface area contributed by atoms with Crippen molar-refractivity contribution in [3.8, 4) is 0 Å². The molecule has 102 valence electrons. The number of epoxide rings is 1. The molecule has 6 heteroatoms. The fourth-order valence-electron chi connectivity index (χ4n) is 2.08. The molecule has 0 radical (unpaired) electrons. The predicted octanol–water partition coefficient (Wildman–Crippen LogP) is 0.554. The Balaban J connectivity index is 2.23. The minimum absolute atomic E-state index is 0.0535. The molecule has 1 atom stereocenters. The van der Waals surface area contributed by atoms with Crippen molar-refractivity contribution in [2.75, 3.05) is 19.7 Å². The summed E-state index contributed by atoms with van der Waals surface area (Å²) in [6.45, 7) is 7.79. The Kier molecular flexibility index (Phi) is 3.80. The highest BCUT2D eigenvalue weighted by Gasteiger charge is 2.47. The van der Waals surface area contributed by atoms with Gasteiger partial charge in [0.2, 0.25) is 11.8 Å². The fourth-order valence-corrected chi connectivity index (χ4v) is 2.08. The molecule has 19 heavy (non-hydrogen) atoms. The van der Waals surface area contributed by atoms with E-state index in [0.717, 1.165) is 9.80 Å². The molecule has 0 bridgehead atoms. The van der Waals surface area contributed by atoms with E-state index >= 15 is 0 Å². The van der Waals surface area contributed by atoms with Crippen molar-refractivity contribution in [2.24, 2.45) is 5.92 Å². The van der Waals surface area contributed by atoms with E-state index in [1.807, 2.05) is 0 Å². The first-order valence-electron chi connectivity index (χ1n) is 6.10. The van der Waals surface area contributed by atoms with Crippen molar-refractivity contribution >= 4 is 17.8 Å². The number of hydrogen-bond acceptors (Lipinski definition) is 4. The standard InChI is InChI=1S/C13H16N2O4/c1-3-5-14-11(16)10(7-9-8-19-9)12(17)15(6-4-2)13(14)18/h3-4,9-10H,1-2,5-8H2. The van der Waals surface area contributed by atoms with Crippen LogP contribution in [0.1, 0.15) is 6.42 Å². The van der Waals surface area contributed by atoms with Crippen LogP contribution in [0.15, 0.2) is 25.3 Å². The molecule has 2 saturated heterocycles. The molecule has 2 aliphatic heterocycles. The van der Waals surface area contributed by atoms with Crippen LogP contribution in [0.5, 0.6) is 0 Å². The van der Waals surface area contributed by atoms with E-state index in [4.69, 9.17) is 4.74 Å². The normalized spacial score (nSPS) is 23.8. The number of rotatable bonds is 6. The van der Waals surface area contributed by atoms with Crippen LogP contribution in [0, 0.1) is 5.92 Å². The van der Waals surface area contributed by atoms with E-state index in [1.54, 1.807) is 0 Å². The van der Waals surface area contributed by atoms with Crippen LogP contribution in [0.25, 0.3) is 0 Å². The molecule has 2 rings (SSSR count). The summed E-state index contributed by atoms with van der Waals surface area (Å²) < 4.78 is 5.06. The second kappa shape index (κ2) is 5.36. The zero-order valence-electron chi connectivity index (χ0n) is 10.6. The third-order valence-corrected chi connectivity index (χ3v) is 3.11. The summed E-state index contributed by atoms with van der Waals surface area (Å²) in [5.41, 5.74) is 0. The van der Waals surface area contributed by atoms with E-state index in [-0.39, 0.29) is 19.2 Å². The van der Waals surface area contributed by atoms with Gasteiger partial charge >= 0.3 is 6.03 Å². The highest BCUT2D eigenvalue weighted by atomic mass is 16.6. The van der Waals surface area contributed by atoms with Crippen LogP contribution in [0.3, 0.4) is 0 Å². The van der Waals surface area contributed by atoms with Gasteiger partial charge in [-0.25, -0.2) is 4.79 Å². The van der Waals surface area contributed by atoms with Crippen LogP contribution < -0.4 is 0 Å². The number of ether oxygens (including phenoxy) is 1. The van der Waals surface area contributed by atoms with E-state index in [1.165, 1.54) is 12.2 Å². The van der Waals surface area contributed by atoms with Crippen LogP contribution in [0.4, 0.5) is 4.79 Å². The summed E-state index contributed by atoms with van der Waals surface area (Å²) >= 11 is 0. The van der Waals surface area contributed by atoms with E-state index in [0.29, 0.717) is 13.0 Å². The van der Waals surface area contributed by atoms with E-state index in [2.05, 4.69) is 13.2 Å². The summed E-state index contributed by atoms with van der Waals surface area (Å²) in [5.74, 6) is -1.78. The number of amides is 4. The van der Waals surface area contributed by atoms with Crippen molar-refractivity contribution in [1.29, 1.82) is 0 Å². The quantitative estimate of drug-likeness (QED) is 0.399. The summed E-state index contributed by atoms with van der Waals surface area (Å²) in [4.78, 5) is 38.5. The topological polar surface area (TPSA) is 70.2 Å². The third-order valence-electron chi connectivity index (χ3n) is 3.11. The van der Waals surface area contributed by atoms with Gasteiger partial charge in [-0.2, -0.15) is 0 Å². The van der Waals surface area contributed by atoms with Gasteiger partial charge in [0.1, 0.15) is 5.92 Å². The van der Waals surface area contributed by atoms with Crippen LogP contribution >= 0.6 is 0 Å². The highest BCUT2D eigenvalue weighted by Crippen LogP contribution is 2.26. The van der Waals surface area contributed by atoms with Gasteiger partial charge in [-0.05, 0) is 6.42 Å². The molecule has 0 N–H and O–H groups in total. The molecule has 0 aromatic heterocycles. The first kappa shape index (κ1) is 13.5. The van der Waals surface area contributed by atoms with Gasteiger partial charge in [0.15, 0.2) is 0 Å². The van der Waals surface area contributed by atoms with E-state index in [9.17, 15) is 14.4 Å². The van der Waals surface area contributed by atoms with Crippen LogP contribution in [0.2, 0.25) is 0 Å². The number of carbonyl (C=O) groups is 3. The van der Waals surface area contributed by atoms with Crippen molar-refractivity contribution in [1.82, 2.24) is 9.80 Å². The maximum Gasteiger partial charge on any atom is 0.334 e. The molecule has 0 saturated carbocycles. The average molecular weight is 264 g/mol. The second-order valence-corrected chi connectivity index (χ2v) is 4.50. The molecule has 2 heterocycles.